The number of halogens is 1. The molecule has 0 unspecified atom stereocenters. The SMILES string of the molecule is COc1ccc(-c2csc(NC(=O)COC(=O)c3ccc(CSc4ccc(Cl)cc4)cc3)n2)cc1. The van der Waals surface area contributed by atoms with Gasteiger partial charge in [0.15, 0.2) is 11.7 Å². The number of hydrogen-bond donors (Lipinski definition) is 1. The van der Waals surface area contributed by atoms with Crippen molar-refractivity contribution in [2.24, 2.45) is 0 Å². The van der Waals surface area contributed by atoms with Gasteiger partial charge in [-0.25, -0.2) is 9.78 Å². The van der Waals surface area contributed by atoms with E-state index in [0.717, 1.165) is 33.2 Å². The summed E-state index contributed by atoms with van der Waals surface area (Å²) in [7, 11) is 1.61. The first-order valence-electron chi connectivity index (χ1n) is 10.5. The number of carbonyl (C=O) groups is 2. The molecule has 1 heterocycles. The number of nitrogens with zero attached hydrogens (tertiary/aromatic N) is 1. The molecule has 1 N–H and O–H groups in total. The van der Waals surface area contributed by atoms with Crippen LogP contribution in [-0.4, -0.2) is 30.6 Å². The summed E-state index contributed by atoms with van der Waals surface area (Å²) < 4.78 is 10.3. The second-order valence-corrected chi connectivity index (χ2v) is 9.67. The van der Waals surface area contributed by atoms with Crippen molar-refractivity contribution >= 4 is 51.7 Å². The molecule has 0 radical (unpaired) electrons. The molecule has 1 aromatic heterocycles. The highest BCUT2D eigenvalue weighted by Crippen LogP contribution is 2.27. The fourth-order valence-corrected chi connectivity index (χ4v) is 4.75. The maximum Gasteiger partial charge on any atom is 0.338 e. The second-order valence-electron chi connectivity index (χ2n) is 7.33. The molecular formula is C26H21ClN2O4S2. The quantitative estimate of drug-likeness (QED) is 0.197. The number of carbonyl (C=O) groups excluding carboxylic acids is 2. The molecule has 6 nitrogen and oxygen atoms in total. The average Bonchev–Trinajstić information content (AvgIpc) is 3.35. The number of methoxy groups -OCH3 is 1. The summed E-state index contributed by atoms with van der Waals surface area (Å²) in [5.41, 5.74) is 3.09. The molecule has 3 aromatic carbocycles. The third-order valence-corrected chi connectivity index (χ3v) is 6.97. The van der Waals surface area contributed by atoms with E-state index in [0.29, 0.717) is 15.7 Å². The van der Waals surface area contributed by atoms with E-state index in [1.54, 1.807) is 31.0 Å². The first-order chi connectivity index (χ1) is 17.0. The Labute approximate surface area is 216 Å². The Bertz CT molecular complexity index is 1290. The standard InChI is InChI=1S/C26H21ClN2O4S2/c1-32-21-10-6-18(7-11-21)23-16-35-26(28-23)29-24(30)14-33-25(31)19-4-2-17(3-5-19)15-34-22-12-8-20(27)9-13-22/h2-13,16H,14-15H2,1H3,(H,28,29,30). The Balaban J connectivity index is 1.24. The van der Waals surface area contributed by atoms with Gasteiger partial charge >= 0.3 is 5.97 Å². The van der Waals surface area contributed by atoms with Crippen LogP contribution in [0.4, 0.5) is 5.13 Å². The summed E-state index contributed by atoms with van der Waals surface area (Å²) in [4.78, 5) is 30.1. The molecule has 4 rings (SSSR count). The van der Waals surface area contributed by atoms with Gasteiger partial charge in [0.05, 0.1) is 18.4 Å². The lowest BCUT2D eigenvalue weighted by atomic mass is 10.1. The van der Waals surface area contributed by atoms with Gasteiger partial charge < -0.3 is 9.47 Å². The Hall–Kier alpha value is -3.33. The summed E-state index contributed by atoms with van der Waals surface area (Å²) in [6.07, 6.45) is 0. The van der Waals surface area contributed by atoms with Crippen LogP contribution in [0, 0.1) is 0 Å². The van der Waals surface area contributed by atoms with Crippen LogP contribution < -0.4 is 10.1 Å². The zero-order chi connectivity index (χ0) is 24.6. The predicted molar refractivity (Wildman–Crippen MR) is 140 cm³/mol. The summed E-state index contributed by atoms with van der Waals surface area (Å²) >= 11 is 8.88. The summed E-state index contributed by atoms with van der Waals surface area (Å²) in [5.74, 6) is 0.497. The van der Waals surface area contributed by atoms with Crippen molar-refractivity contribution in [1.29, 1.82) is 0 Å². The number of thiazole rings is 1. The van der Waals surface area contributed by atoms with Gasteiger partial charge in [0.1, 0.15) is 5.75 Å². The van der Waals surface area contributed by atoms with Gasteiger partial charge in [-0.2, -0.15) is 0 Å². The molecule has 0 aliphatic rings. The van der Waals surface area contributed by atoms with Gasteiger partial charge in [0.25, 0.3) is 5.91 Å². The maximum atomic E-state index is 12.3. The number of amides is 1. The number of ether oxygens (including phenoxy) is 2. The predicted octanol–water partition coefficient (Wildman–Crippen LogP) is 6.56. The van der Waals surface area contributed by atoms with Gasteiger partial charge in [-0.15, -0.1) is 23.1 Å². The van der Waals surface area contributed by atoms with Crippen LogP contribution >= 0.6 is 34.7 Å². The van der Waals surface area contributed by atoms with E-state index >= 15 is 0 Å². The molecule has 9 heteroatoms. The Morgan fingerprint density at radius 2 is 1.71 bits per heavy atom. The first kappa shape index (κ1) is 24.8. The largest absolute Gasteiger partial charge is 0.497 e. The molecule has 0 aliphatic heterocycles. The van der Waals surface area contributed by atoms with Crippen LogP contribution in [0.2, 0.25) is 5.02 Å². The number of nitrogens with one attached hydrogen (secondary N) is 1. The lowest BCUT2D eigenvalue weighted by Crippen LogP contribution is -2.20. The van der Waals surface area contributed by atoms with Gasteiger partial charge in [0, 0.05) is 26.6 Å². The zero-order valence-corrected chi connectivity index (χ0v) is 21.1. The summed E-state index contributed by atoms with van der Waals surface area (Å²) in [6, 6.07) is 22.2. The van der Waals surface area contributed by atoms with Crippen molar-refractivity contribution in [3.8, 4) is 17.0 Å². The lowest BCUT2D eigenvalue weighted by molar-refractivity contribution is -0.119. The number of esters is 1. The summed E-state index contributed by atoms with van der Waals surface area (Å²) in [5, 5.41) is 5.64. The molecule has 1 amide bonds. The number of anilines is 1. The monoisotopic (exact) mass is 524 g/mol. The van der Waals surface area contributed by atoms with Gasteiger partial charge in [-0.3, -0.25) is 10.1 Å². The molecule has 0 saturated heterocycles. The number of benzene rings is 3. The molecule has 0 bridgehead atoms. The van der Waals surface area contributed by atoms with Gasteiger partial charge in [0.2, 0.25) is 0 Å². The van der Waals surface area contributed by atoms with Crippen molar-refractivity contribution in [3.63, 3.8) is 0 Å². The molecule has 0 fully saturated rings. The van der Waals surface area contributed by atoms with Crippen LogP contribution in [0.25, 0.3) is 11.3 Å². The third-order valence-electron chi connectivity index (χ3n) is 4.88. The molecule has 0 saturated carbocycles. The smallest absolute Gasteiger partial charge is 0.338 e. The number of hydrogen-bond acceptors (Lipinski definition) is 7. The zero-order valence-electron chi connectivity index (χ0n) is 18.7. The molecule has 0 aliphatic carbocycles. The van der Waals surface area contributed by atoms with E-state index in [4.69, 9.17) is 21.1 Å². The Morgan fingerprint density at radius 3 is 2.40 bits per heavy atom. The molecule has 4 aromatic rings. The van der Waals surface area contributed by atoms with E-state index in [1.807, 2.05) is 66.0 Å². The molecule has 178 valence electrons. The fourth-order valence-electron chi connectivity index (χ4n) is 3.03. The average molecular weight is 525 g/mol. The number of thioether (sulfide) groups is 1. The Morgan fingerprint density at radius 1 is 1.00 bits per heavy atom. The van der Waals surface area contributed by atoms with Gasteiger partial charge in [-0.05, 0) is 66.2 Å². The van der Waals surface area contributed by atoms with Crippen molar-refractivity contribution in [2.45, 2.75) is 10.6 Å². The highest BCUT2D eigenvalue weighted by Gasteiger charge is 2.13. The van der Waals surface area contributed by atoms with Crippen molar-refractivity contribution in [2.75, 3.05) is 19.0 Å². The normalized spacial score (nSPS) is 10.6. The maximum absolute atomic E-state index is 12.3. The lowest BCUT2D eigenvalue weighted by Gasteiger charge is -2.06. The van der Waals surface area contributed by atoms with Crippen molar-refractivity contribution in [3.05, 3.63) is 94.3 Å². The van der Waals surface area contributed by atoms with E-state index in [2.05, 4.69) is 10.3 Å². The number of aromatic nitrogens is 1. The molecule has 0 spiro atoms. The third kappa shape index (κ3) is 7.08. The molecule has 35 heavy (non-hydrogen) atoms. The molecule has 0 atom stereocenters. The van der Waals surface area contributed by atoms with E-state index in [-0.39, 0.29) is 0 Å². The van der Waals surface area contributed by atoms with Gasteiger partial charge in [-0.1, -0.05) is 23.7 Å². The minimum Gasteiger partial charge on any atom is -0.497 e. The topological polar surface area (TPSA) is 77.5 Å². The van der Waals surface area contributed by atoms with Crippen LogP contribution in [0.5, 0.6) is 5.75 Å². The number of rotatable bonds is 9. The van der Waals surface area contributed by atoms with Crippen LogP contribution in [0.3, 0.4) is 0 Å². The van der Waals surface area contributed by atoms with E-state index in [1.165, 1.54) is 11.3 Å². The van der Waals surface area contributed by atoms with E-state index in [9.17, 15) is 9.59 Å². The van der Waals surface area contributed by atoms with Crippen molar-refractivity contribution in [1.82, 2.24) is 4.98 Å². The minimum absolute atomic E-state index is 0.383. The molecular weight excluding hydrogens is 504 g/mol. The highest BCUT2D eigenvalue weighted by molar-refractivity contribution is 7.98. The summed E-state index contributed by atoms with van der Waals surface area (Å²) in [6.45, 7) is -0.398. The van der Waals surface area contributed by atoms with Crippen molar-refractivity contribution < 1.29 is 19.1 Å². The highest BCUT2D eigenvalue weighted by atomic mass is 35.5. The van der Waals surface area contributed by atoms with Crippen LogP contribution in [0.1, 0.15) is 15.9 Å². The fraction of sp³-hybridized carbons (Fsp3) is 0.115. The minimum atomic E-state index is -0.560. The second kappa shape index (κ2) is 11.9. The van der Waals surface area contributed by atoms with Crippen LogP contribution in [-0.2, 0) is 15.3 Å². The van der Waals surface area contributed by atoms with Crippen LogP contribution in [0.15, 0.2) is 83.1 Å². The Kier molecular flexibility index (Phi) is 8.41. The first-order valence-corrected chi connectivity index (χ1v) is 12.8. The van der Waals surface area contributed by atoms with E-state index < -0.39 is 18.5 Å².